The Morgan fingerprint density at radius 2 is 1.95 bits per heavy atom. The molecule has 0 heterocycles. The fourth-order valence-corrected chi connectivity index (χ4v) is 3.07. The van der Waals surface area contributed by atoms with Crippen LogP contribution in [0.5, 0.6) is 5.75 Å². The van der Waals surface area contributed by atoms with Crippen LogP contribution < -0.4 is 10.1 Å². The molecule has 0 aliphatic rings. The summed E-state index contributed by atoms with van der Waals surface area (Å²) in [7, 11) is 3.60. The number of ether oxygens (including phenoxy) is 1. The molecule has 2 aromatic carbocycles. The highest BCUT2D eigenvalue weighted by Crippen LogP contribution is 2.32. The number of likely N-dealkylation sites (N-methyl/N-ethyl adjacent to an activating group) is 1. The summed E-state index contributed by atoms with van der Waals surface area (Å²) < 4.78 is 6.46. The fourth-order valence-electron chi connectivity index (χ4n) is 2.25. The minimum atomic E-state index is 0.103. The zero-order valence-corrected chi connectivity index (χ0v) is 14.9. The number of methoxy groups -OCH3 is 1. The molecule has 2 nitrogen and oxygen atoms in total. The van der Waals surface area contributed by atoms with Crippen molar-refractivity contribution in [1.29, 1.82) is 0 Å². The molecule has 5 heteroatoms. The van der Waals surface area contributed by atoms with Crippen LogP contribution in [0.2, 0.25) is 10.0 Å². The summed E-state index contributed by atoms with van der Waals surface area (Å²) in [5.74, 6) is 0.841. The number of nitrogens with one attached hydrogen (secondary N) is 1. The second kappa shape index (κ2) is 7.50. The lowest BCUT2D eigenvalue weighted by atomic mass is 9.98. The highest BCUT2D eigenvalue weighted by atomic mass is 79.9. The lowest BCUT2D eigenvalue weighted by molar-refractivity contribution is 0.401. The molecule has 2 rings (SSSR count). The van der Waals surface area contributed by atoms with E-state index in [0.29, 0.717) is 10.0 Å². The van der Waals surface area contributed by atoms with Crippen LogP contribution in [0, 0.1) is 0 Å². The molecular formula is C16H16BrCl2NO. The maximum Gasteiger partial charge on any atom is 0.124 e. The van der Waals surface area contributed by atoms with Gasteiger partial charge in [-0.3, -0.25) is 0 Å². The second-order valence-corrected chi connectivity index (χ2v) is 6.43. The van der Waals surface area contributed by atoms with Crippen molar-refractivity contribution in [3.05, 3.63) is 62.0 Å². The Labute approximate surface area is 143 Å². The van der Waals surface area contributed by atoms with E-state index in [4.69, 9.17) is 27.9 Å². The van der Waals surface area contributed by atoms with Gasteiger partial charge in [-0.2, -0.15) is 0 Å². The normalized spacial score (nSPS) is 12.2. The van der Waals surface area contributed by atoms with E-state index in [1.807, 2.05) is 37.4 Å². The summed E-state index contributed by atoms with van der Waals surface area (Å²) in [5, 5.41) is 4.64. The molecule has 0 amide bonds. The SMILES string of the molecule is CNC(Cc1ccc(Cl)cc1Cl)c1ccc(Br)cc1OC. The summed E-state index contributed by atoms with van der Waals surface area (Å²) in [6.45, 7) is 0. The van der Waals surface area contributed by atoms with Gasteiger partial charge >= 0.3 is 0 Å². The van der Waals surface area contributed by atoms with Crippen molar-refractivity contribution in [2.45, 2.75) is 12.5 Å². The topological polar surface area (TPSA) is 21.3 Å². The lowest BCUT2D eigenvalue weighted by Gasteiger charge is -2.20. The third kappa shape index (κ3) is 4.13. The van der Waals surface area contributed by atoms with Crippen LogP contribution >= 0.6 is 39.1 Å². The van der Waals surface area contributed by atoms with Gasteiger partial charge in [0.25, 0.3) is 0 Å². The highest BCUT2D eigenvalue weighted by Gasteiger charge is 2.16. The Morgan fingerprint density at radius 1 is 1.19 bits per heavy atom. The second-order valence-electron chi connectivity index (χ2n) is 4.67. The van der Waals surface area contributed by atoms with Crippen LogP contribution in [0.3, 0.4) is 0 Å². The molecule has 1 unspecified atom stereocenters. The van der Waals surface area contributed by atoms with E-state index >= 15 is 0 Å². The van der Waals surface area contributed by atoms with Crippen LogP contribution in [0.15, 0.2) is 40.9 Å². The average molecular weight is 389 g/mol. The number of hydrogen-bond donors (Lipinski definition) is 1. The minimum absolute atomic E-state index is 0.103. The van der Waals surface area contributed by atoms with Crippen LogP contribution in [-0.2, 0) is 6.42 Å². The molecule has 112 valence electrons. The van der Waals surface area contributed by atoms with E-state index in [0.717, 1.165) is 27.8 Å². The summed E-state index contributed by atoms with van der Waals surface area (Å²) in [4.78, 5) is 0. The molecule has 0 fully saturated rings. The third-order valence-corrected chi connectivity index (χ3v) is 4.44. The van der Waals surface area contributed by atoms with Crippen molar-refractivity contribution in [2.75, 3.05) is 14.2 Å². The van der Waals surface area contributed by atoms with Crippen molar-refractivity contribution in [3.8, 4) is 5.75 Å². The Hall–Kier alpha value is -0.740. The van der Waals surface area contributed by atoms with E-state index in [9.17, 15) is 0 Å². The van der Waals surface area contributed by atoms with E-state index in [1.54, 1.807) is 13.2 Å². The van der Waals surface area contributed by atoms with E-state index < -0.39 is 0 Å². The van der Waals surface area contributed by atoms with Crippen molar-refractivity contribution in [3.63, 3.8) is 0 Å². The fraction of sp³-hybridized carbons (Fsp3) is 0.250. The van der Waals surface area contributed by atoms with Gasteiger partial charge in [0.05, 0.1) is 7.11 Å². The highest BCUT2D eigenvalue weighted by molar-refractivity contribution is 9.10. The van der Waals surface area contributed by atoms with E-state index in [2.05, 4.69) is 21.2 Å². The Morgan fingerprint density at radius 3 is 2.57 bits per heavy atom. The van der Waals surface area contributed by atoms with Crippen molar-refractivity contribution in [1.82, 2.24) is 5.32 Å². The molecule has 1 N–H and O–H groups in total. The monoisotopic (exact) mass is 387 g/mol. The van der Waals surface area contributed by atoms with Gasteiger partial charge in [-0.1, -0.05) is 51.3 Å². The summed E-state index contributed by atoms with van der Waals surface area (Å²) in [6.07, 6.45) is 0.754. The Kier molecular flexibility index (Phi) is 5.94. The van der Waals surface area contributed by atoms with Crippen molar-refractivity contribution >= 4 is 39.1 Å². The first-order valence-electron chi connectivity index (χ1n) is 6.49. The largest absolute Gasteiger partial charge is 0.496 e. The van der Waals surface area contributed by atoms with Gasteiger partial charge in [0.15, 0.2) is 0 Å². The molecule has 1 atom stereocenters. The zero-order chi connectivity index (χ0) is 15.4. The molecule has 0 radical (unpaired) electrons. The van der Waals surface area contributed by atoms with Crippen LogP contribution in [-0.4, -0.2) is 14.2 Å². The van der Waals surface area contributed by atoms with Gasteiger partial charge in [-0.05, 0) is 43.3 Å². The molecule has 0 spiro atoms. The predicted molar refractivity (Wildman–Crippen MR) is 92.7 cm³/mol. The number of hydrogen-bond acceptors (Lipinski definition) is 2. The van der Waals surface area contributed by atoms with Crippen LogP contribution in [0.25, 0.3) is 0 Å². The van der Waals surface area contributed by atoms with E-state index in [-0.39, 0.29) is 6.04 Å². The number of benzene rings is 2. The smallest absolute Gasteiger partial charge is 0.124 e. The van der Waals surface area contributed by atoms with Crippen molar-refractivity contribution in [2.24, 2.45) is 0 Å². The quantitative estimate of drug-likeness (QED) is 0.753. The first-order valence-corrected chi connectivity index (χ1v) is 8.04. The number of halogens is 3. The molecule has 0 aliphatic heterocycles. The molecule has 0 aliphatic carbocycles. The molecule has 0 aromatic heterocycles. The summed E-state index contributed by atoms with van der Waals surface area (Å²) in [6, 6.07) is 11.7. The van der Waals surface area contributed by atoms with Gasteiger partial charge < -0.3 is 10.1 Å². The standard InChI is InChI=1S/C16H16BrCl2NO/c1-20-15(7-10-3-5-12(18)9-14(10)19)13-6-4-11(17)8-16(13)21-2/h3-6,8-9,15,20H,7H2,1-2H3. The summed E-state index contributed by atoms with van der Waals surface area (Å²) in [5.41, 5.74) is 2.14. The molecule has 2 aromatic rings. The molecule has 0 bridgehead atoms. The molecule has 21 heavy (non-hydrogen) atoms. The van der Waals surface area contributed by atoms with Gasteiger partial charge in [-0.15, -0.1) is 0 Å². The molecule has 0 saturated carbocycles. The zero-order valence-electron chi connectivity index (χ0n) is 11.8. The van der Waals surface area contributed by atoms with Crippen LogP contribution in [0.1, 0.15) is 17.2 Å². The lowest BCUT2D eigenvalue weighted by Crippen LogP contribution is -2.19. The van der Waals surface area contributed by atoms with Gasteiger partial charge in [-0.25, -0.2) is 0 Å². The van der Waals surface area contributed by atoms with Gasteiger partial charge in [0.2, 0.25) is 0 Å². The Balaban J connectivity index is 2.32. The third-order valence-electron chi connectivity index (χ3n) is 3.36. The average Bonchev–Trinajstić information content (AvgIpc) is 2.47. The van der Waals surface area contributed by atoms with Crippen molar-refractivity contribution < 1.29 is 4.74 Å². The maximum atomic E-state index is 6.27. The first-order chi connectivity index (χ1) is 10.0. The van der Waals surface area contributed by atoms with Gasteiger partial charge in [0, 0.05) is 26.1 Å². The molecule has 0 saturated heterocycles. The van der Waals surface area contributed by atoms with E-state index in [1.165, 1.54) is 0 Å². The van der Waals surface area contributed by atoms with Gasteiger partial charge in [0.1, 0.15) is 5.75 Å². The maximum absolute atomic E-state index is 6.27. The summed E-state index contributed by atoms with van der Waals surface area (Å²) >= 11 is 15.7. The predicted octanol–water partition coefficient (Wildman–Crippen LogP) is 5.27. The first kappa shape index (κ1) is 16.6. The minimum Gasteiger partial charge on any atom is -0.496 e. The molecular weight excluding hydrogens is 373 g/mol. The number of rotatable bonds is 5. The van der Waals surface area contributed by atoms with Crippen LogP contribution in [0.4, 0.5) is 0 Å². The Bertz CT molecular complexity index is 634.